The molecule has 5 rings (SSSR count). The second-order valence-corrected chi connectivity index (χ2v) is 8.40. The highest BCUT2D eigenvalue weighted by Crippen LogP contribution is 2.20. The largest absolute Gasteiger partial charge is 0.336 e. The van der Waals surface area contributed by atoms with Gasteiger partial charge >= 0.3 is 0 Å². The van der Waals surface area contributed by atoms with E-state index in [4.69, 9.17) is 4.98 Å². The van der Waals surface area contributed by atoms with Crippen LogP contribution in [0.1, 0.15) is 27.3 Å². The number of amides is 1. The summed E-state index contributed by atoms with van der Waals surface area (Å²) in [5.74, 6) is 1.13. The van der Waals surface area contributed by atoms with E-state index in [1.165, 1.54) is 11.1 Å². The van der Waals surface area contributed by atoms with Crippen LogP contribution in [0.3, 0.4) is 0 Å². The Morgan fingerprint density at radius 2 is 1.78 bits per heavy atom. The van der Waals surface area contributed by atoms with Crippen molar-refractivity contribution < 1.29 is 4.79 Å². The summed E-state index contributed by atoms with van der Waals surface area (Å²) < 4.78 is 2.33. The first kappa shape index (κ1) is 20.4. The molecule has 0 unspecified atom stereocenters. The van der Waals surface area contributed by atoms with Crippen molar-refractivity contribution >= 4 is 16.9 Å². The number of imidazole rings is 1. The molecule has 0 spiro atoms. The molecule has 1 fully saturated rings. The number of rotatable bonds is 5. The Hall–Kier alpha value is -3.51. The van der Waals surface area contributed by atoms with E-state index in [1.54, 1.807) is 12.4 Å². The van der Waals surface area contributed by atoms with Crippen LogP contribution in [0.15, 0.2) is 73.1 Å². The molecule has 4 aromatic rings. The summed E-state index contributed by atoms with van der Waals surface area (Å²) in [6.07, 6.45) is 3.33. The number of carbonyl (C=O) groups excluding carboxylic acids is 1. The number of hydrogen-bond donors (Lipinski definition) is 0. The molecule has 2 aromatic carbocycles. The van der Waals surface area contributed by atoms with E-state index < -0.39 is 0 Å². The van der Waals surface area contributed by atoms with Crippen LogP contribution in [0.4, 0.5) is 0 Å². The Bertz CT molecular complexity index is 1230. The molecule has 1 amide bonds. The third-order valence-corrected chi connectivity index (χ3v) is 6.09. The molecule has 0 bridgehead atoms. The monoisotopic (exact) mass is 425 g/mol. The predicted molar refractivity (Wildman–Crippen MR) is 125 cm³/mol. The topological polar surface area (TPSA) is 54.3 Å². The summed E-state index contributed by atoms with van der Waals surface area (Å²) in [6.45, 7) is 6.80. The van der Waals surface area contributed by atoms with Gasteiger partial charge in [-0.05, 0) is 36.8 Å². The number of pyridine rings is 1. The van der Waals surface area contributed by atoms with Crippen molar-refractivity contribution in [2.45, 2.75) is 20.0 Å². The molecule has 3 heterocycles. The summed E-state index contributed by atoms with van der Waals surface area (Å²) >= 11 is 0. The van der Waals surface area contributed by atoms with Gasteiger partial charge in [-0.1, -0.05) is 42.0 Å². The highest BCUT2D eigenvalue weighted by atomic mass is 16.2. The number of aromatic nitrogens is 3. The van der Waals surface area contributed by atoms with Gasteiger partial charge in [-0.25, -0.2) is 4.98 Å². The third-order valence-electron chi connectivity index (χ3n) is 6.09. The zero-order valence-electron chi connectivity index (χ0n) is 18.3. The van der Waals surface area contributed by atoms with Gasteiger partial charge in [-0.3, -0.25) is 14.7 Å². The highest BCUT2D eigenvalue weighted by molar-refractivity contribution is 5.93. The van der Waals surface area contributed by atoms with Crippen LogP contribution in [0.25, 0.3) is 11.0 Å². The maximum atomic E-state index is 12.7. The molecular formula is C26H27N5O. The third kappa shape index (κ3) is 4.27. The number of hydrogen-bond acceptors (Lipinski definition) is 4. The molecule has 0 aliphatic carbocycles. The lowest BCUT2D eigenvalue weighted by molar-refractivity contribution is 0.0624. The lowest BCUT2D eigenvalue weighted by Gasteiger charge is -2.34. The van der Waals surface area contributed by atoms with Gasteiger partial charge in [0.25, 0.3) is 5.91 Å². The normalized spacial score (nSPS) is 14.7. The van der Waals surface area contributed by atoms with Crippen LogP contribution in [-0.4, -0.2) is 56.4 Å². The number of fused-ring (bicyclic) bond motifs is 1. The molecule has 1 aliphatic rings. The average Bonchev–Trinajstić information content (AvgIpc) is 3.16. The lowest BCUT2D eigenvalue weighted by atomic mass is 10.1. The fourth-order valence-electron chi connectivity index (χ4n) is 4.40. The van der Waals surface area contributed by atoms with Crippen LogP contribution in [-0.2, 0) is 13.1 Å². The molecule has 162 valence electrons. The minimum Gasteiger partial charge on any atom is -0.336 e. The van der Waals surface area contributed by atoms with E-state index in [9.17, 15) is 4.79 Å². The van der Waals surface area contributed by atoms with E-state index in [1.807, 2.05) is 23.1 Å². The van der Waals surface area contributed by atoms with E-state index in [0.29, 0.717) is 18.7 Å². The number of nitrogens with zero attached hydrogens (tertiary/aromatic N) is 5. The molecule has 1 aliphatic heterocycles. The Morgan fingerprint density at radius 1 is 0.938 bits per heavy atom. The maximum absolute atomic E-state index is 12.7. The van der Waals surface area contributed by atoms with Crippen molar-refractivity contribution in [2.24, 2.45) is 0 Å². The fraction of sp³-hybridized carbons (Fsp3) is 0.269. The zero-order chi connectivity index (χ0) is 21.9. The molecule has 0 atom stereocenters. The summed E-state index contributed by atoms with van der Waals surface area (Å²) in [7, 11) is 0. The van der Waals surface area contributed by atoms with Crippen molar-refractivity contribution in [3.05, 3.63) is 95.6 Å². The molecule has 32 heavy (non-hydrogen) atoms. The fourth-order valence-corrected chi connectivity index (χ4v) is 4.40. The molecule has 1 saturated heterocycles. The number of piperazine rings is 1. The van der Waals surface area contributed by atoms with Crippen molar-refractivity contribution in [1.29, 1.82) is 0 Å². The van der Waals surface area contributed by atoms with Crippen LogP contribution in [0.2, 0.25) is 0 Å². The van der Waals surface area contributed by atoms with Crippen molar-refractivity contribution in [2.75, 3.05) is 26.2 Å². The first-order valence-corrected chi connectivity index (χ1v) is 11.1. The number of para-hydroxylation sites is 2. The van der Waals surface area contributed by atoms with E-state index in [0.717, 1.165) is 43.0 Å². The molecule has 0 N–H and O–H groups in total. The standard InChI is InChI=1S/C26H27N5O/c1-20-6-4-7-21(16-20)18-31-24-10-3-2-9-23(24)28-25(31)19-29-12-14-30(15-13-29)26(32)22-8-5-11-27-17-22/h2-11,16-17H,12-15,18-19H2,1H3. The van der Waals surface area contributed by atoms with Crippen LogP contribution in [0.5, 0.6) is 0 Å². The number of carbonyl (C=O) groups is 1. The number of benzene rings is 2. The Balaban J connectivity index is 1.32. The van der Waals surface area contributed by atoms with Crippen molar-refractivity contribution in [1.82, 2.24) is 24.3 Å². The quantitative estimate of drug-likeness (QED) is 0.489. The van der Waals surface area contributed by atoms with E-state index >= 15 is 0 Å². The summed E-state index contributed by atoms with van der Waals surface area (Å²) in [5.41, 5.74) is 5.39. The highest BCUT2D eigenvalue weighted by Gasteiger charge is 2.23. The molecule has 0 saturated carbocycles. The van der Waals surface area contributed by atoms with Crippen molar-refractivity contribution in [3.8, 4) is 0 Å². The van der Waals surface area contributed by atoms with Gasteiger partial charge < -0.3 is 9.47 Å². The van der Waals surface area contributed by atoms with Gasteiger partial charge in [0.05, 0.1) is 23.1 Å². The van der Waals surface area contributed by atoms with Crippen LogP contribution >= 0.6 is 0 Å². The molecular weight excluding hydrogens is 398 g/mol. The summed E-state index contributed by atoms with van der Waals surface area (Å²) in [4.78, 5) is 26.1. The minimum absolute atomic E-state index is 0.0597. The summed E-state index contributed by atoms with van der Waals surface area (Å²) in [6, 6.07) is 20.6. The summed E-state index contributed by atoms with van der Waals surface area (Å²) in [5, 5.41) is 0. The van der Waals surface area contributed by atoms with Crippen LogP contribution < -0.4 is 0 Å². The van der Waals surface area contributed by atoms with Gasteiger partial charge in [0.2, 0.25) is 0 Å². The predicted octanol–water partition coefficient (Wildman–Crippen LogP) is 3.75. The van der Waals surface area contributed by atoms with E-state index in [2.05, 4.69) is 63.8 Å². The SMILES string of the molecule is Cc1cccc(Cn2c(CN3CCN(C(=O)c4cccnc4)CC3)nc3ccccc32)c1. The van der Waals surface area contributed by atoms with Crippen LogP contribution in [0, 0.1) is 6.92 Å². The minimum atomic E-state index is 0.0597. The zero-order valence-corrected chi connectivity index (χ0v) is 18.3. The van der Waals surface area contributed by atoms with Gasteiger partial charge in [-0.2, -0.15) is 0 Å². The maximum Gasteiger partial charge on any atom is 0.255 e. The second-order valence-electron chi connectivity index (χ2n) is 8.40. The van der Waals surface area contributed by atoms with Crippen molar-refractivity contribution in [3.63, 3.8) is 0 Å². The average molecular weight is 426 g/mol. The second kappa shape index (κ2) is 8.93. The number of aryl methyl sites for hydroxylation is 1. The van der Waals surface area contributed by atoms with Gasteiger partial charge in [0.1, 0.15) is 5.82 Å². The first-order chi connectivity index (χ1) is 15.7. The Kier molecular flexibility index (Phi) is 5.69. The van der Waals surface area contributed by atoms with E-state index in [-0.39, 0.29) is 5.91 Å². The van der Waals surface area contributed by atoms with Gasteiger partial charge in [-0.15, -0.1) is 0 Å². The molecule has 2 aromatic heterocycles. The van der Waals surface area contributed by atoms with Gasteiger partial charge in [0, 0.05) is 45.1 Å². The first-order valence-electron chi connectivity index (χ1n) is 11.1. The Labute approximate surface area is 188 Å². The molecule has 6 nitrogen and oxygen atoms in total. The Morgan fingerprint density at radius 3 is 2.56 bits per heavy atom. The molecule has 0 radical (unpaired) electrons. The van der Waals surface area contributed by atoms with Gasteiger partial charge in [0.15, 0.2) is 0 Å². The smallest absolute Gasteiger partial charge is 0.255 e. The lowest BCUT2D eigenvalue weighted by Crippen LogP contribution is -2.48. The molecule has 6 heteroatoms.